The number of Topliss-reactive ketones (excluding diaryl/α,β-unsaturated/α-hetero) is 1. The topological polar surface area (TPSA) is 121 Å². The van der Waals surface area contributed by atoms with Crippen LogP contribution in [0.4, 0.5) is 0 Å². The van der Waals surface area contributed by atoms with Gasteiger partial charge in [0, 0.05) is 42.0 Å². The summed E-state index contributed by atoms with van der Waals surface area (Å²) in [5.41, 5.74) is 2.98. The van der Waals surface area contributed by atoms with Crippen molar-refractivity contribution in [1.82, 2.24) is 19.9 Å². The second-order valence-electron chi connectivity index (χ2n) is 8.64. The Morgan fingerprint density at radius 2 is 1.94 bits per heavy atom. The molecular formula is C25H27N5O3. The molecule has 0 spiro atoms. The Hall–Kier alpha value is -3.49. The van der Waals surface area contributed by atoms with E-state index in [4.69, 9.17) is 5.41 Å². The molecule has 2 aromatic heterocycles. The molecule has 0 bridgehead atoms. The largest absolute Gasteiger partial charge is 0.396 e. The van der Waals surface area contributed by atoms with E-state index in [1.807, 2.05) is 31.3 Å². The highest BCUT2D eigenvalue weighted by Crippen LogP contribution is 2.46. The second-order valence-corrected chi connectivity index (χ2v) is 8.64. The summed E-state index contributed by atoms with van der Waals surface area (Å²) in [6.45, 7) is 1.24. The number of aliphatic hydroxyl groups is 1. The van der Waals surface area contributed by atoms with Crippen molar-refractivity contribution in [2.75, 3.05) is 13.7 Å². The Labute approximate surface area is 191 Å². The van der Waals surface area contributed by atoms with Crippen LogP contribution in [0.15, 0.2) is 59.8 Å². The van der Waals surface area contributed by atoms with Crippen LogP contribution in [0.25, 0.3) is 11.3 Å². The molecule has 1 aromatic carbocycles. The maximum Gasteiger partial charge on any atom is 0.250 e. The highest BCUT2D eigenvalue weighted by molar-refractivity contribution is 6.14. The molecule has 3 N–H and O–H groups in total. The summed E-state index contributed by atoms with van der Waals surface area (Å²) in [5.74, 6) is -0.292. The van der Waals surface area contributed by atoms with Gasteiger partial charge < -0.3 is 20.4 Å². The fourth-order valence-electron chi connectivity index (χ4n) is 3.73. The molecule has 1 aliphatic carbocycles. The number of benzene rings is 1. The van der Waals surface area contributed by atoms with Crippen LogP contribution in [-0.4, -0.2) is 44.8 Å². The Morgan fingerprint density at radius 3 is 2.61 bits per heavy atom. The quantitative estimate of drug-likeness (QED) is 0.326. The predicted molar refractivity (Wildman–Crippen MR) is 125 cm³/mol. The highest BCUT2D eigenvalue weighted by Gasteiger charge is 2.42. The normalized spacial score (nSPS) is 14.1. The van der Waals surface area contributed by atoms with Gasteiger partial charge in [0.25, 0.3) is 5.56 Å². The zero-order valence-electron chi connectivity index (χ0n) is 18.5. The van der Waals surface area contributed by atoms with Gasteiger partial charge in [0.2, 0.25) is 0 Å². The van der Waals surface area contributed by atoms with E-state index < -0.39 is 0 Å². The fourth-order valence-corrected chi connectivity index (χ4v) is 3.73. The molecule has 0 saturated heterocycles. The fraction of sp³-hybridized carbons (Fsp3) is 0.320. The molecule has 8 heteroatoms. The number of nitrogens with zero attached hydrogens (tertiary/aromatic N) is 3. The molecule has 0 unspecified atom stereocenters. The van der Waals surface area contributed by atoms with Crippen LogP contribution in [0, 0.1) is 10.8 Å². The van der Waals surface area contributed by atoms with Crippen LogP contribution < -0.4 is 10.9 Å². The minimum absolute atomic E-state index is 0.0532. The maximum atomic E-state index is 12.8. The number of hydrogen-bond acceptors (Lipinski definition) is 7. The lowest BCUT2D eigenvalue weighted by molar-refractivity contribution is 0.0995. The van der Waals surface area contributed by atoms with Crippen molar-refractivity contribution in [3.63, 3.8) is 0 Å². The van der Waals surface area contributed by atoms with Gasteiger partial charge in [-0.05, 0) is 37.1 Å². The number of aliphatic hydroxyl groups excluding tert-OH is 1. The van der Waals surface area contributed by atoms with Crippen LogP contribution in [0.2, 0.25) is 0 Å². The number of nitrogens with one attached hydrogen (secondary N) is 2. The monoisotopic (exact) mass is 445 g/mol. The maximum absolute atomic E-state index is 12.8. The van der Waals surface area contributed by atoms with Crippen LogP contribution >= 0.6 is 0 Å². The summed E-state index contributed by atoms with van der Waals surface area (Å²) in [6, 6.07) is 10.7. The molecule has 33 heavy (non-hydrogen) atoms. The lowest BCUT2D eigenvalue weighted by Gasteiger charge is -2.14. The van der Waals surface area contributed by atoms with E-state index in [1.165, 1.54) is 12.3 Å². The molecule has 170 valence electrons. The van der Waals surface area contributed by atoms with Crippen molar-refractivity contribution in [1.29, 1.82) is 5.41 Å². The SMILES string of the molecule is CNCc1ccc(C(=N)CC(=O)c2cncc(-c3ccc(=O)n(CC4(CO)CC4)c3)n2)cc1. The molecule has 8 nitrogen and oxygen atoms in total. The van der Waals surface area contributed by atoms with Crippen molar-refractivity contribution in [2.45, 2.75) is 32.4 Å². The standard InChI is InChI=1S/C25H27N5O3/c1-27-11-17-2-4-18(5-3-17)20(26)10-23(32)22-13-28-12-21(29-22)19-6-7-24(33)30(14-19)15-25(16-31)8-9-25/h2-7,12-14,26-27,31H,8-11,15-16H2,1H3. The van der Waals surface area contributed by atoms with Crippen molar-refractivity contribution in [3.05, 3.63) is 82.2 Å². The third-order valence-electron chi connectivity index (χ3n) is 6.02. The molecule has 0 aliphatic heterocycles. The Balaban J connectivity index is 1.50. The number of hydrogen-bond donors (Lipinski definition) is 3. The zero-order valence-corrected chi connectivity index (χ0v) is 18.5. The first-order chi connectivity index (χ1) is 15.9. The van der Waals surface area contributed by atoms with E-state index in [2.05, 4.69) is 15.3 Å². The Bertz CT molecular complexity index is 1230. The van der Waals surface area contributed by atoms with Crippen molar-refractivity contribution < 1.29 is 9.90 Å². The number of carbonyl (C=O) groups is 1. The van der Waals surface area contributed by atoms with Crippen LogP contribution in [-0.2, 0) is 13.1 Å². The molecule has 1 saturated carbocycles. The minimum Gasteiger partial charge on any atom is -0.396 e. The summed E-state index contributed by atoms with van der Waals surface area (Å²) >= 11 is 0. The molecule has 0 radical (unpaired) electrons. The highest BCUT2D eigenvalue weighted by atomic mass is 16.3. The van der Waals surface area contributed by atoms with Crippen molar-refractivity contribution >= 4 is 11.5 Å². The Kier molecular flexibility index (Phi) is 6.57. The van der Waals surface area contributed by atoms with Gasteiger partial charge in [0.05, 0.1) is 31.1 Å². The second kappa shape index (κ2) is 9.56. The van der Waals surface area contributed by atoms with Gasteiger partial charge in [-0.15, -0.1) is 0 Å². The zero-order chi connectivity index (χ0) is 23.4. The number of carbonyl (C=O) groups excluding carboxylic acids is 1. The van der Waals surface area contributed by atoms with Crippen molar-refractivity contribution in [2.24, 2.45) is 5.41 Å². The summed E-state index contributed by atoms with van der Waals surface area (Å²) in [6.07, 6.45) is 6.36. The lowest BCUT2D eigenvalue weighted by Crippen LogP contribution is -2.25. The summed E-state index contributed by atoms with van der Waals surface area (Å²) in [5, 5.41) is 21.0. The van der Waals surface area contributed by atoms with E-state index in [9.17, 15) is 14.7 Å². The third-order valence-corrected chi connectivity index (χ3v) is 6.02. The smallest absolute Gasteiger partial charge is 0.250 e. The van der Waals surface area contributed by atoms with E-state index >= 15 is 0 Å². The molecule has 1 fully saturated rings. The average molecular weight is 446 g/mol. The molecule has 4 rings (SSSR count). The molecule has 1 aliphatic rings. The molecule has 0 amide bonds. The number of aromatic nitrogens is 3. The van der Waals surface area contributed by atoms with E-state index in [1.54, 1.807) is 23.0 Å². The summed E-state index contributed by atoms with van der Waals surface area (Å²) < 4.78 is 1.59. The lowest BCUT2D eigenvalue weighted by atomic mass is 10.0. The van der Waals surface area contributed by atoms with Gasteiger partial charge in [-0.2, -0.15) is 0 Å². The van der Waals surface area contributed by atoms with Gasteiger partial charge in [-0.1, -0.05) is 24.3 Å². The van der Waals surface area contributed by atoms with Crippen LogP contribution in [0.1, 0.15) is 40.9 Å². The van der Waals surface area contributed by atoms with Gasteiger partial charge in [-0.25, -0.2) is 4.98 Å². The van der Waals surface area contributed by atoms with E-state index in [0.29, 0.717) is 23.4 Å². The van der Waals surface area contributed by atoms with Crippen molar-refractivity contribution in [3.8, 4) is 11.3 Å². The Morgan fingerprint density at radius 1 is 1.18 bits per heavy atom. The van der Waals surface area contributed by atoms with E-state index in [0.717, 1.165) is 24.9 Å². The molecule has 2 heterocycles. The number of pyridine rings is 1. The van der Waals surface area contributed by atoms with Gasteiger partial charge in [0.1, 0.15) is 5.69 Å². The minimum atomic E-state index is -0.292. The first-order valence-corrected chi connectivity index (χ1v) is 10.9. The van der Waals surface area contributed by atoms with Gasteiger partial charge in [0.15, 0.2) is 5.78 Å². The number of ketones is 1. The first kappa shape index (κ1) is 22.7. The summed E-state index contributed by atoms with van der Waals surface area (Å²) in [4.78, 5) is 33.7. The summed E-state index contributed by atoms with van der Waals surface area (Å²) in [7, 11) is 1.87. The average Bonchev–Trinajstić information content (AvgIpc) is 3.61. The van der Waals surface area contributed by atoms with E-state index in [-0.39, 0.29) is 41.2 Å². The molecule has 3 aromatic rings. The first-order valence-electron chi connectivity index (χ1n) is 10.9. The van der Waals surface area contributed by atoms with Gasteiger partial charge >= 0.3 is 0 Å². The van der Waals surface area contributed by atoms with Crippen LogP contribution in [0.5, 0.6) is 0 Å². The predicted octanol–water partition coefficient (Wildman–Crippen LogP) is 2.44. The van der Waals surface area contributed by atoms with Gasteiger partial charge in [-0.3, -0.25) is 14.6 Å². The van der Waals surface area contributed by atoms with Crippen LogP contribution in [0.3, 0.4) is 0 Å². The number of rotatable bonds is 10. The third kappa shape index (κ3) is 5.30. The molecular weight excluding hydrogens is 418 g/mol. The molecule has 0 atom stereocenters.